The summed E-state index contributed by atoms with van der Waals surface area (Å²) in [7, 11) is 0. The summed E-state index contributed by atoms with van der Waals surface area (Å²) in [6, 6.07) is 9.79. The summed E-state index contributed by atoms with van der Waals surface area (Å²) in [5.74, 6) is 0. The van der Waals surface area contributed by atoms with Gasteiger partial charge in [0.05, 0.1) is 6.10 Å². The Morgan fingerprint density at radius 2 is 1.85 bits per heavy atom. The van der Waals surface area contributed by atoms with Gasteiger partial charge in [0, 0.05) is 6.04 Å². The number of hydrogen-bond donors (Lipinski definition) is 2. The number of aliphatic hydroxyl groups excluding tert-OH is 1. The largest absolute Gasteiger partial charge is 0.392 e. The van der Waals surface area contributed by atoms with E-state index in [4.69, 9.17) is 10.8 Å². The second-order valence-corrected chi connectivity index (χ2v) is 3.09. The van der Waals surface area contributed by atoms with Gasteiger partial charge in [-0.15, -0.1) is 12.4 Å². The van der Waals surface area contributed by atoms with Crippen LogP contribution >= 0.6 is 12.4 Å². The van der Waals surface area contributed by atoms with Gasteiger partial charge in [-0.3, -0.25) is 0 Å². The molecule has 0 aliphatic rings. The van der Waals surface area contributed by atoms with Crippen LogP contribution in [0.15, 0.2) is 30.3 Å². The van der Waals surface area contributed by atoms with E-state index in [9.17, 15) is 0 Å². The molecule has 0 bridgehead atoms. The second-order valence-electron chi connectivity index (χ2n) is 3.09. The van der Waals surface area contributed by atoms with Crippen molar-refractivity contribution < 1.29 is 5.11 Å². The van der Waals surface area contributed by atoms with Gasteiger partial charge in [0.1, 0.15) is 0 Å². The van der Waals surface area contributed by atoms with Crippen LogP contribution in [-0.4, -0.2) is 17.3 Å². The fourth-order valence-corrected chi connectivity index (χ4v) is 1.06. The molecule has 74 valence electrons. The van der Waals surface area contributed by atoms with E-state index in [1.165, 1.54) is 5.56 Å². The summed E-state index contributed by atoms with van der Waals surface area (Å²) in [5, 5.41) is 9.16. The number of rotatable bonds is 3. The number of aliphatic hydroxyl groups is 1. The van der Waals surface area contributed by atoms with Gasteiger partial charge < -0.3 is 10.8 Å². The van der Waals surface area contributed by atoms with Crippen LogP contribution in [0, 0.1) is 0 Å². The number of halogens is 1. The van der Waals surface area contributed by atoms with E-state index in [1.54, 1.807) is 6.92 Å². The summed E-state index contributed by atoms with van der Waals surface area (Å²) in [4.78, 5) is 0. The highest BCUT2D eigenvalue weighted by Crippen LogP contribution is 2.03. The molecule has 2 unspecified atom stereocenters. The van der Waals surface area contributed by atoms with Gasteiger partial charge in [-0.05, 0) is 18.9 Å². The monoisotopic (exact) mass is 201 g/mol. The number of benzene rings is 1. The van der Waals surface area contributed by atoms with Crippen molar-refractivity contribution in [3.05, 3.63) is 35.9 Å². The highest BCUT2D eigenvalue weighted by molar-refractivity contribution is 5.85. The summed E-state index contributed by atoms with van der Waals surface area (Å²) in [5.41, 5.74) is 6.87. The third kappa shape index (κ3) is 4.27. The van der Waals surface area contributed by atoms with E-state index in [0.29, 0.717) is 0 Å². The minimum atomic E-state index is -0.440. The van der Waals surface area contributed by atoms with Crippen LogP contribution in [0.25, 0.3) is 0 Å². The molecule has 0 aromatic heterocycles. The molecule has 1 aromatic rings. The molecule has 0 amide bonds. The average molecular weight is 202 g/mol. The SMILES string of the molecule is CC(O)C(N)Cc1ccccc1.Cl. The molecular formula is C10H16ClNO. The van der Waals surface area contributed by atoms with Crippen molar-refractivity contribution >= 4 is 12.4 Å². The molecule has 0 saturated carbocycles. The summed E-state index contributed by atoms with van der Waals surface area (Å²) < 4.78 is 0. The Labute approximate surface area is 85.2 Å². The van der Waals surface area contributed by atoms with Gasteiger partial charge in [-0.2, -0.15) is 0 Å². The molecule has 0 heterocycles. The fraction of sp³-hybridized carbons (Fsp3) is 0.400. The molecule has 0 fully saturated rings. The standard InChI is InChI=1S/C10H15NO.ClH/c1-8(12)10(11)7-9-5-3-2-4-6-9;/h2-6,8,10,12H,7,11H2,1H3;1H. The first kappa shape index (κ1) is 12.4. The molecule has 2 atom stereocenters. The van der Waals surface area contributed by atoms with Crippen LogP contribution in [0.1, 0.15) is 12.5 Å². The Kier molecular flexibility index (Phi) is 5.71. The fourth-order valence-electron chi connectivity index (χ4n) is 1.06. The lowest BCUT2D eigenvalue weighted by Crippen LogP contribution is -2.34. The molecule has 0 aliphatic heterocycles. The zero-order valence-corrected chi connectivity index (χ0v) is 8.50. The zero-order valence-electron chi connectivity index (χ0n) is 7.68. The summed E-state index contributed by atoms with van der Waals surface area (Å²) >= 11 is 0. The first-order valence-corrected chi connectivity index (χ1v) is 4.17. The van der Waals surface area contributed by atoms with Crippen molar-refractivity contribution in [3.8, 4) is 0 Å². The van der Waals surface area contributed by atoms with E-state index in [-0.39, 0.29) is 18.4 Å². The molecule has 0 radical (unpaired) electrons. The lowest BCUT2D eigenvalue weighted by Gasteiger charge is -2.13. The molecule has 3 N–H and O–H groups in total. The maximum absolute atomic E-state index is 9.16. The molecule has 3 heteroatoms. The van der Waals surface area contributed by atoms with E-state index in [1.807, 2.05) is 30.3 Å². The lowest BCUT2D eigenvalue weighted by atomic mass is 10.0. The third-order valence-corrected chi connectivity index (χ3v) is 1.93. The summed E-state index contributed by atoms with van der Waals surface area (Å²) in [6.45, 7) is 1.72. The average Bonchev–Trinajstić information content (AvgIpc) is 2.06. The van der Waals surface area contributed by atoms with Gasteiger partial charge in [-0.1, -0.05) is 30.3 Å². The molecule has 0 spiro atoms. The molecule has 0 saturated heterocycles. The Bertz CT molecular complexity index is 226. The quantitative estimate of drug-likeness (QED) is 0.776. The molecule has 2 nitrogen and oxygen atoms in total. The van der Waals surface area contributed by atoms with E-state index in [0.717, 1.165) is 6.42 Å². The molecular weight excluding hydrogens is 186 g/mol. The van der Waals surface area contributed by atoms with Crippen LogP contribution in [0.3, 0.4) is 0 Å². The smallest absolute Gasteiger partial charge is 0.0666 e. The Morgan fingerprint density at radius 3 is 2.31 bits per heavy atom. The van der Waals surface area contributed by atoms with Crippen molar-refractivity contribution in [2.24, 2.45) is 5.73 Å². The highest BCUT2D eigenvalue weighted by Gasteiger charge is 2.08. The van der Waals surface area contributed by atoms with Crippen LogP contribution in [0.2, 0.25) is 0 Å². The second kappa shape index (κ2) is 5.97. The van der Waals surface area contributed by atoms with E-state index >= 15 is 0 Å². The van der Waals surface area contributed by atoms with Crippen molar-refractivity contribution in [2.45, 2.75) is 25.5 Å². The Morgan fingerprint density at radius 1 is 1.31 bits per heavy atom. The normalized spacial score (nSPS) is 14.4. The molecule has 0 aliphatic carbocycles. The Hall–Kier alpha value is -0.570. The topological polar surface area (TPSA) is 46.2 Å². The van der Waals surface area contributed by atoms with Gasteiger partial charge >= 0.3 is 0 Å². The first-order valence-electron chi connectivity index (χ1n) is 4.17. The highest BCUT2D eigenvalue weighted by atomic mass is 35.5. The van der Waals surface area contributed by atoms with Crippen LogP contribution in [0.5, 0.6) is 0 Å². The van der Waals surface area contributed by atoms with Crippen molar-refractivity contribution in [1.29, 1.82) is 0 Å². The minimum Gasteiger partial charge on any atom is -0.392 e. The zero-order chi connectivity index (χ0) is 8.97. The van der Waals surface area contributed by atoms with E-state index < -0.39 is 6.10 Å². The molecule has 1 rings (SSSR count). The van der Waals surface area contributed by atoms with Gasteiger partial charge in [0.25, 0.3) is 0 Å². The predicted molar refractivity (Wildman–Crippen MR) is 57.1 cm³/mol. The molecule has 1 aromatic carbocycles. The minimum absolute atomic E-state index is 0. The number of hydrogen-bond acceptors (Lipinski definition) is 2. The molecule has 13 heavy (non-hydrogen) atoms. The maximum atomic E-state index is 9.16. The first-order chi connectivity index (χ1) is 5.70. The van der Waals surface area contributed by atoms with Crippen molar-refractivity contribution in [1.82, 2.24) is 0 Å². The van der Waals surface area contributed by atoms with Crippen LogP contribution in [0.4, 0.5) is 0 Å². The third-order valence-electron chi connectivity index (χ3n) is 1.93. The maximum Gasteiger partial charge on any atom is 0.0666 e. The van der Waals surface area contributed by atoms with Crippen molar-refractivity contribution in [2.75, 3.05) is 0 Å². The van der Waals surface area contributed by atoms with Gasteiger partial charge in [0.2, 0.25) is 0 Å². The van der Waals surface area contributed by atoms with Crippen LogP contribution in [-0.2, 0) is 6.42 Å². The lowest BCUT2D eigenvalue weighted by molar-refractivity contribution is 0.163. The Balaban J connectivity index is 0.00000144. The van der Waals surface area contributed by atoms with Gasteiger partial charge in [-0.25, -0.2) is 0 Å². The van der Waals surface area contributed by atoms with Crippen LogP contribution < -0.4 is 5.73 Å². The summed E-state index contributed by atoms with van der Waals surface area (Å²) in [6.07, 6.45) is 0.295. The van der Waals surface area contributed by atoms with E-state index in [2.05, 4.69) is 0 Å². The van der Waals surface area contributed by atoms with Crippen molar-refractivity contribution in [3.63, 3.8) is 0 Å². The van der Waals surface area contributed by atoms with Gasteiger partial charge in [0.15, 0.2) is 0 Å². The predicted octanol–water partition coefficient (Wildman–Crippen LogP) is 1.36. The number of nitrogens with two attached hydrogens (primary N) is 1.